The molecule has 0 spiro atoms. The Labute approximate surface area is 172 Å². The first-order chi connectivity index (χ1) is 14.1. The summed E-state index contributed by atoms with van der Waals surface area (Å²) in [5, 5.41) is 4.38. The van der Waals surface area contributed by atoms with Crippen LogP contribution in [0.1, 0.15) is 46.1 Å². The Morgan fingerprint density at radius 1 is 1.24 bits per heavy atom. The highest BCUT2D eigenvalue weighted by molar-refractivity contribution is 7.17. The maximum atomic E-state index is 12.8. The monoisotopic (exact) mass is 413 g/mol. The lowest BCUT2D eigenvalue weighted by molar-refractivity contribution is -0.115. The summed E-state index contributed by atoms with van der Waals surface area (Å²) in [7, 11) is 1.60. The summed E-state index contributed by atoms with van der Waals surface area (Å²) in [6, 6.07) is 5.49. The molecule has 1 aromatic carbocycles. The van der Waals surface area contributed by atoms with Gasteiger partial charge in [0.2, 0.25) is 5.91 Å². The molecular weight excluding hydrogens is 390 g/mol. The van der Waals surface area contributed by atoms with E-state index in [9.17, 15) is 9.59 Å². The van der Waals surface area contributed by atoms with E-state index in [0.29, 0.717) is 28.5 Å². The van der Waals surface area contributed by atoms with Crippen LogP contribution in [-0.2, 0) is 28.8 Å². The number of methoxy groups -OCH3 is 1. The predicted molar refractivity (Wildman–Crippen MR) is 112 cm³/mol. The minimum atomic E-state index is -0.360. The molecule has 152 valence electrons. The summed E-state index contributed by atoms with van der Waals surface area (Å²) < 4.78 is 16.1. The van der Waals surface area contributed by atoms with Crippen LogP contribution in [0.3, 0.4) is 0 Å². The number of esters is 1. The third-order valence-corrected chi connectivity index (χ3v) is 6.32. The van der Waals surface area contributed by atoms with Gasteiger partial charge in [0.15, 0.2) is 0 Å². The second-order valence-electron chi connectivity index (χ2n) is 6.98. The normalized spacial score (nSPS) is 13.2. The van der Waals surface area contributed by atoms with Crippen molar-refractivity contribution in [3.05, 3.63) is 46.0 Å². The number of fused-ring (bicyclic) bond motifs is 2. The number of thiophene rings is 1. The fourth-order valence-electron chi connectivity index (χ4n) is 3.74. The average Bonchev–Trinajstić information content (AvgIpc) is 3.28. The lowest BCUT2D eigenvalue weighted by Gasteiger charge is -2.12. The first kappa shape index (κ1) is 19.5. The van der Waals surface area contributed by atoms with Crippen molar-refractivity contribution in [1.29, 1.82) is 0 Å². The van der Waals surface area contributed by atoms with Crippen molar-refractivity contribution in [2.75, 3.05) is 19.0 Å². The molecule has 0 atom stereocenters. The maximum absolute atomic E-state index is 12.8. The van der Waals surface area contributed by atoms with E-state index in [1.165, 1.54) is 16.2 Å². The second kappa shape index (κ2) is 8.29. The van der Waals surface area contributed by atoms with Gasteiger partial charge in [-0.25, -0.2) is 4.79 Å². The van der Waals surface area contributed by atoms with Gasteiger partial charge < -0.3 is 19.2 Å². The Hall–Kier alpha value is -2.80. The maximum Gasteiger partial charge on any atom is 0.341 e. The highest BCUT2D eigenvalue weighted by Gasteiger charge is 2.27. The second-order valence-corrected chi connectivity index (χ2v) is 8.09. The molecule has 0 radical (unpaired) electrons. The summed E-state index contributed by atoms with van der Waals surface area (Å²) in [6.07, 6.45) is 5.68. The van der Waals surface area contributed by atoms with E-state index in [1.807, 2.05) is 18.2 Å². The molecule has 0 unspecified atom stereocenters. The van der Waals surface area contributed by atoms with Gasteiger partial charge in [-0.1, -0.05) is 0 Å². The summed E-state index contributed by atoms with van der Waals surface area (Å²) >= 11 is 1.49. The van der Waals surface area contributed by atoms with E-state index >= 15 is 0 Å². The SMILES string of the molecule is CCOC(=O)c1c(NC(=O)Cc2coc3ccc(OC)cc23)sc2c1CCCC2. The van der Waals surface area contributed by atoms with E-state index in [2.05, 4.69) is 5.32 Å². The summed E-state index contributed by atoms with van der Waals surface area (Å²) in [6.45, 7) is 2.09. The van der Waals surface area contributed by atoms with Crippen molar-refractivity contribution in [3.8, 4) is 5.75 Å². The minimum Gasteiger partial charge on any atom is -0.497 e. The van der Waals surface area contributed by atoms with Crippen molar-refractivity contribution >= 4 is 39.2 Å². The Bertz CT molecular complexity index is 1060. The van der Waals surface area contributed by atoms with Crippen LogP contribution in [-0.4, -0.2) is 25.6 Å². The number of amides is 1. The fraction of sp³-hybridized carbons (Fsp3) is 0.364. The molecule has 2 aromatic heterocycles. The zero-order valence-corrected chi connectivity index (χ0v) is 17.3. The van der Waals surface area contributed by atoms with E-state index in [-0.39, 0.29) is 18.3 Å². The number of hydrogen-bond acceptors (Lipinski definition) is 6. The number of aryl methyl sites for hydroxylation is 1. The topological polar surface area (TPSA) is 77.8 Å². The molecule has 0 saturated carbocycles. The van der Waals surface area contributed by atoms with Crippen LogP contribution >= 0.6 is 11.3 Å². The molecule has 1 N–H and O–H groups in total. The van der Waals surface area contributed by atoms with Crippen molar-refractivity contribution in [1.82, 2.24) is 0 Å². The molecule has 1 aliphatic carbocycles. The molecule has 4 rings (SSSR count). The first-order valence-corrected chi connectivity index (χ1v) is 10.6. The fourth-order valence-corrected chi connectivity index (χ4v) is 5.04. The van der Waals surface area contributed by atoms with E-state index < -0.39 is 0 Å². The van der Waals surface area contributed by atoms with Gasteiger partial charge in [0, 0.05) is 15.8 Å². The molecule has 7 heteroatoms. The number of hydrogen-bond donors (Lipinski definition) is 1. The molecule has 0 aliphatic heterocycles. The van der Waals surface area contributed by atoms with Gasteiger partial charge in [-0.15, -0.1) is 11.3 Å². The van der Waals surface area contributed by atoms with Crippen molar-refractivity contribution in [2.45, 2.75) is 39.0 Å². The molecule has 0 bridgehead atoms. The molecule has 0 saturated heterocycles. The minimum absolute atomic E-state index is 0.144. The highest BCUT2D eigenvalue weighted by Crippen LogP contribution is 2.38. The van der Waals surface area contributed by atoms with Gasteiger partial charge in [0.05, 0.1) is 32.0 Å². The smallest absolute Gasteiger partial charge is 0.341 e. The van der Waals surface area contributed by atoms with E-state index in [0.717, 1.165) is 42.2 Å². The van der Waals surface area contributed by atoms with Crippen LogP contribution in [0.5, 0.6) is 5.75 Å². The zero-order valence-electron chi connectivity index (χ0n) is 16.5. The van der Waals surface area contributed by atoms with Gasteiger partial charge >= 0.3 is 5.97 Å². The Morgan fingerprint density at radius 3 is 2.86 bits per heavy atom. The number of carbonyl (C=O) groups is 2. The molecule has 3 aromatic rings. The molecule has 6 nitrogen and oxygen atoms in total. The molecular formula is C22H23NO5S. The van der Waals surface area contributed by atoms with Gasteiger partial charge in [0.1, 0.15) is 16.3 Å². The third-order valence-electron chi connectivity index (χ3n) is 5.12. The summed E-state index contributed by atoms with van der Waals surface area (Å²) in [5.74, 6) is 0.149. The zero-order chi connectivity index (χ0) is 20.4. The van der Waals surface area contributed by atoms with Crippen LogP contribution in [0.4, 0.5) is 5.00 Å². The lowest BCUT2D eigenvalue weighted by atomic mass is 9.95. The largest absolute Gasteiger partial charge is 0.497 e. The Balaban J connectivity index is 1.59. The number of nitrogens with one attached hydrogen (secondary N) is 1. The third kappa shape index (κ3) is 3.87. The number of benzene rings is 1. The van der Waals surface area contributed by atoms with Crippen LogP contribution < -0.4 is 10.1 Å². The molecule has 29 heavy (non-hydrogen) atoms. The first-order valence-electron chi connectivity index (χ1n) is 9.76. The van der Waals surface area contributed by atoms with Crippen molar-refractivity contribution in [2.24, 2.45) is 0 Å². The molecule has 1 aliphatic rings. The number of ether oxygens (including phenoxy) is 2. The lowest BCUT2D eigenvalue weighted by Crippen LogP contribution is -2.17. The van der Waals surface area contributed by atoms with Crippen LogP contribution in [0.15, 0.2) is 28.9 Å². The number of rotatable bonds is 6. The number of anilines is 1. The number of furan rings is 1. The van der Waals surface area contributed by atoms with E-state index in [4.69, 9.17) is 13.9 Å². The summed E-state index contributed by atoms with van der Waals surface area (Å²) in [5.41, 5.74) is 3.04. The molecule has 1 amide bonds. The van der Waals surface area contributed by atoms with Gasteiger partial charge in [0.25, 0.3) is 0 Å². The van der Waals surface area contributed by atoms with Crippen LogP contribution in [0, 0.1) is 0 Å². The Morgan fingerprint density at radius 2 is 2.07 bits per heavy atom. The van der Waals surface area contributed by atoms with Gasteiger partial charge in [-0.05, 0) is 56.4 Å². The summed E-state index contributed by atoms with van der Waals surface area (Å²) in [4.78, 5) is 26.5. The molecule has 0 fully saturated rings. The highest BCUT2D eigenvalue weighted by atomic mass is 32.1. The number of carbonyl (C=O) groups excluding carboxylic acids is 2. The molecule has 2 heterocycles. The van der Waals surface area contributed by atoms with Crippen LogP contribution in [0.25, 0.3) is 11.0 Å². The van der Waals surface area contributed by atoms with Gasteiger partial charge in [-0.2, -0.15) is 0 Å². The van der Waals surface area contributed by atoms with Crippen molar-refractivity contribution < 1.29 is 23.5 Å². The standard InChI is InChI=1S/C22H23NO5S/c1-3-27-22(25)20-15-6-4-5-7-18(15)29-21(20)23-19(24)10-13-12-28-17-9-8-14(26-2)11-16(13)17/h8-9,11-12H,3-7,10H2,1-2H3,(H,23,24). The quantitative estimate of drug-likeness (QED) is 0.591. The van der Waals surface area contributed by atoms with Gasteiger partial charge in [-0.3, -0.25) is 4.79 Å². The average molecular weight is 413 g/mol. The van der Waals surface area contributed by atoms with E-state index in [1.54, 1.807) is 20.3 Å². The Kier molecular flexibility index (Phi) is 5.58. The van der Waals surface area contributed by atoms with Crippen molar-refractivity contribution in [3.63, 3.8) is 0 Å². The van der Waals surface area contributed by atoms with Crippen LogP contribution in [0.2, 0.25) is 0 Å². The predicted octanol–water partition coefficient (Wildman–Crippen LogP) is 4.74.